The molecule has 2 rings (SSSR count). The molecule has 0 aliphatic heterocycles. The fourth-order valence-corrected chi connectivity index (χ4v) is 2.70. The molecule has 2 atom stereocenters. The Morgan fingerprint density at radius 2 is 2.06 bits per heavy atom. The highest BCUT2D eigenvalue weighted by Crippen LogP contribution is 2.28. The lowest BCUT2D eigenvalue weighted by Gasteiger charge is -2.19. The number of hydrogen-bond acceptors (Lipinski definition) is 2. The van der Waals surface area contributed by atoms with Crippen LogP contribution in [0.25, 0.3) is 0 Å². The molecule has 0 amide bonds. The van der Waals surface area contributed by atoms with Crippen LogP contribution in [0.4, 0.5) is 11.4 Å². The number of hydrogen-bond donors (Lipinski definition) is 2. The number of nitrogens with one attached hydrogen (secondary N) is 1. The van der Waals surface area contributed by atoms with E-state index in [2.05, 4.69) is 12.2 Å². The van der Waals surface area contributed by atoms with Gasteiger partial charge < -0.3 is 11.1 Å². The van der Waals surface area contributed by atoms with Crippen molar-refractivity contribution >= 4 is 23.0 Å². The lowest BCUT2D eigenvalue weighted by molar-refractivity contribution is 0.502. The van der Waals surface area contributed by atoms with Crippen LogP contribution in [0.5, 0.6) is 0 Å². The van der Waals surface area contributed by atoms with Crippen molar-refractivity contribution in [1.82, 2.24) is 0 Å². The van der Waals surface area contributed by atoms with Gasteiger partial charge >= 0.3 is 0 Å². The van der Waals surface area contributed by atoms with Crippen LogP contribution in [0.15, 0.2) is 18.2 Å². The lowest BCUT2D eigenvalue weighted by Crippen LogP contribution is -2.19. The second-order valence-corrected chi connectivity index (χ2v) is 5.62. The summed E-state index contributed by atoms with van der Waals surface area (Å²) >= 11 is 5.90. The van der Waals surface area contributed by atoms with Gasteiger partial charge in [0, 0.05) is 11.1 Å². The zero-order valence-corrected chi connectivity index (χ0v) is 11.1. The smallest absolute Gasteiger partial charge is 0.0577 e. The second kappa shape index (κ2) is 5.63. The molecule has 0 bridgehead atoms. The van der Waals surface area contributed by atoms with Gasteiger partial charge in [-0.1, -0.05) is 31.4 Å². The van der Waals surface area contributed by atoms with Gasteiger partial charge in [0.25, 0.3) is 0 Å². The van der Waals surface area contributed by atoms with Gasteiger partial charge in [0.15, 0.2) is 0 Å². The molecule has 2 nitrogen and oxygen atoms in total. The fourth-order valence-electron chi connectivity index (χ4n) is 2.52. The van der Waals surface area contributed by atoms with Crippen LogP contribution in [0.3, 0.4) is 0 Å². The van der Waals surface area contributed by atoms with Gasteiger partial charge in [-0.15, -0.1) is 0 Å². The first kappa shape index (κ1) is 12.6. The Morgan fingerprint density at radius 1 is 1.24 bits per heavy atom. The fraction of sp³-hybridized carbons (Fsp3) is 0.571. The highest BCUT2D eigenvalue weighted by atomic mass is 35.5. The van der Waals surface area contributed by atoms with Crippen molar-refractivity contribution in [3.63, 3.8) is 0 Å². The third kappa shape index (κ3) is 3.53. The minimum absolute atomic E-state index is 0.559. The second-order valence-electron chi connectivity index (χ2n) is 5.19. The number of halogens is 1. The molecule has 0 saturated heterocycles. The number of nitrogen functional groups attached to an aromatic ring is 1. The summed E-state index contributed by atoms with van der Waals surface area (Å²) in [4.78, 5) is 0. The average Bonchev–Trinajstić information content (AvgIpc) is 2.48. The van der Waals surface area contributed by atoms with E-state index >= 15 is 0 Å². The molecular formula is C14H21ClN2. The number of benzene rings is 1. The first-order chi connectivity index (χ1) is 8.15. The summed E-state index contributed by atoms with van der Waals surface area (Å²) in [5, 5.41) is 4.25. The molecule has 1 aromatic rings. The van der Waals surface area contributed by atoms with Crippen molar-refractivity contribution < 1.29 is 0 Å². The van der Waals surface area contributed by atoms with Crippen molar-refractivity contribution in [2.45, 2.75) is 45.1 Å². The minimum Gasteiger partial charge on any atom is -0.397 e. The van der Waals surface area contributed by atoms with Crippen LogP contribution in [0.2, 0.25) is 5.02 Å². The van der Waals surface area contributed by atoms with Crippen LogP contribution >= 0.6 is 11.6 Å². The van der Waals surface area contributed by atoms with E-state index in [0.717, 1.165) is 17.3 Å². The van der Waals surface area contributed by atoms with E-state index in [4.69, 9.17) is 17.3 Å². The maximum Gasteiger partial charge on any atom is 0.0577 e. The van der Waals surface area contributed by atoms with E-state index in [1.807, 2.05) is 18.2 Å². The predicted molar refractivity (Wildman–Crippen MR) is 75.5 cm³/mol. The number of rotatable bonds is 2. The third-order valence-electron chi connectivity index (χ3n) is 3.63. The SMILES string of the molecule is CC1CCCC(Nc2ccc(Cl)cc2N)CC1. The number of nitrogens with two attached hydrogens (primary N) is 1. The van der Waals surface area contributed by atoms with Gasteiger partial charge in [-0.2, -0.15) is 0 Å². The van der Waals surface area contributed by atoms with Crippen LogP contribution in [-0.2, 0) is 0 Å². The van der Waals surface area contributed by atoms with Crippen molar-refractivity contribution in [2.75, 3.05) is 11.1 Å². The molecule has 1 aliphatic carbocycles. The van der Waals surface area contributed by atoms with E-state index in [0.29, 0.717) is 11.1 Å². The van der Waals surface area contributed by atoms with Gasteiger partial charge in [0.2, 0.25) is 0 Å². The molecule has 1 aromatic carbocycles. The number of anilines is 2. The van der Waals surface area contributed by atoms with Gasteiger partial charge in [-0.25, -0.2) is 0 Å². The molecule has 0 spiro atoms. The minimum atomic E-state index is 0.559. The summed E-state index contributed by atoms with van der Waals surface area (Å²) in [5.74, 6) is 0.865. The lowest BCUT2D eigenvalue weighted by atomic mass is 10.0. The highest BCUT2D eigenvalue weighted by Gasteiger charge is 2.16. The molecule has 0 radical (unpaired) electrons. The average molecular weight is 253 g/mol. The Balaban J connectivity index is 2.00. The molecule has 0 heterocycles. The van der Waals surface area contributed by atoms with E-state index in [1.54, 1.807) is 0 Å². The van der Waals surface area contributed by atoms with E-state index in [9.17, 15) is 0 Å². The Morgan fingerprint density at radius 3 is 2.82 bits per heavy atom. The Kier molecular flexibility index (Phi) is 4.16. The maximum atomic E-state index is 5.96. The van der Waals surface area contributed by atoms with Gasteiger partial charge in [0.1, 0.15) is 0 Å². The Bertz CT molecular complexity index is 378. The molecule has 17 heavy (non-hydrogen) atoms. The molecule has 1 saturated carbocycles. The van der Waals surface area contributed by atoms with E-state index in [-0.39, 0.29) is 0 Å². The summed E-state index contributed by atoms with van der Waals surface area (Å²) in [7, 11) is 0. The Hall–Kier alpha value is -0.890. The molecule has 1 aliphatic rings. The summed E-state index contributed by atoms with van der Waals surface area (Å²) in [5.41, 5.74) is 7.73. The molecule has 2 unspecified atom stereocenters. The van der Waals surface area contributed by atoms with Gasteiger partial charge in [-0.3, -0.25) is 0 Å². The largest absolute Gasteiger partial charge is 0.397 e. The standard InChI is InChI=1S/C14H21ClN2/c1-10-3-2-4-12(7-5-10)17-14-8-6-11(15)9-13(14)16/h6,8-10,12,17H,2-5,7,16H2,1H3. The van der Waals surface area contributed by atoms with Crippen LogP contribution < -0.4 is 11.1 Å². The van der Waals surface area contributed by atoms with Crippen molar-refractivity contribution in [3.05, 3.63) is 23.2 Å². The summed E-state index contributed by atoms with van der Waals surface area (Å²) in [6, 6.07) is 6.23. The van der Waals surface area contributed by atoms with Crippen molar-refractivity contribution in [2.24, 2.45) is 5.92 Å². The monoisotopic (exact) mass is 252 g/mol. The quantitative estimate of drug-likeness (QED) is 0.608. The summed E-state index contributed by atoms with van der Waals surface area (Å²) < 4.78 is 0. The molecule has 3 N–H and O–H groups in total. The molecular weight excluding hydrogens is 232 g/mol. The third-order valence-corrected chi connectivity index (χ3v) is 3.87. The summed E-state index contributed by atoms with van der Waals surface area (Å²) in [6.07, 6.45) is 6.46. The maximum absolute atomic E-state index is 5.96. The molecule has 0 aromatic heterocycles. The molecule has 3 heteroatoms. The topological polar surface area (TPSA) is 38.0 Å². The molecule has 1 fully saturated rings. The van der Waals surface area contributed by atoms with Gasteiger partial charge in [-0.05, 0) is 43.4 Å². The van der Waals surface area contributed by atoms with Crippen LogP contribution in [-0.4, -0.2) is 6.04 Å². The van der Waals surface area contributed by atoms with Crippen molar-refractivity contribution in [1.29, 1.82) is 0 Å². The zero-order chi connectivity index (χ0) is 12.3. The predicted octanol–water partition coefficient (Wildman–Crippen LogP) is 4.30. The summed E-state index contributed by atoms with van der Waals surface area (Å²) in [6.45, 7) is 2.35. The van der Waals surface area contributed by atoms with Crippen LogP contribution in [0.1, 0.15) is 39.0 Å². The van der Waals surface area contributed by atoms with Gasteiger partial charge in [0.05, 0.1) is 11.4 Å². The van der Waals surface area contributed by atoms with E-state index in [1.165, 1.54) is 32.1 Å². The Labute approximate surface area is 109 Å². The van der Waals surface area contributed by atoms with Crippen LogP contribution in [0, 0.1) is 5.92 Å². The normalized spacial score (nSPS) is 25.3. The van der Waals surface area contributed by atoms with Crippen molar-refractivity contribution in [3.8, 4) is 0 Å². The zero-order valence-electron chi connectivity index (χ0n) is 10.4. The highest BCUT2D eigenvalue weighted by molar-refractivity contribution is 6.31. The van der Waals surface area contributed by atoms with E-state index < -0.39 is 0 Å². The first-order valence-corrected chi connectivity index (χ1v) is 6.84. The first-order valence-electron chi connectivity index (χ1n) is 6.46. The molecule has 94 valence electrons.